The lowest BCUT2D eigenvalue weighted by atomic mass is 10.2. The van der Waals surface area contributed by atoms with Crippen molar-refractivity contribution in [1.29, 1.82) is 0 Å². The van der Waals surface area contributed by atoms with Crippen molar-refractivity contribution in [2.75, 3.05) is 5.32 Å². The van der Waals surface area contributed by atoms with Crippen molar-refractivity contribution in [1.82, 2.24) is 9.97 Å². The third-order valence-corrected chi connectivity index (χ3v) is 2.34. The van der Waals surface area contributed by atoms with Crippen LogP contribution < -0.4 is 10.1 Å². The number of nitrogens with zero attached hydrogens (tertiary/aromatic N) is 2. The van der Waals surface area contributed by atoms with Crippen LogP contribution in [0.4, 0.5) is 5.69 Å². The Hall–Kier alpha value is -2.10. The number of hydrogen-bond donors (Lipinski definition) is 1. The first kappa shape index (κ1) is 12.4. The molecular weight excluding hydrogens is 226 g/mol. The number of anilines is 1. The third kappa shape index (κ3) is 3.73. The van der Waals surface area contributed by atoms with E-state index in [9.17, 15) is 0 Å². The van der Waals surface area contributed by atoms with Gasteiger partial charge in [0.15, 0.2) is 0 Å². The lowest BCUT2D eigenvalue weighted by Crippen LogP contribution is -2.05. The van der Waals surface area contributed by atoms with Crippen LogP contribution in [0.1, 0.15) is 19.4 Å². The zero-order valence-electron chi connectivity index (χ0n) is 10.6. The molecule has 1 heterocycles. The van der Waals surface area contributed by atoms with Crippen molar-refractivity contribution in [3.63, 3.8) is 0 Å². The predicted molar refractivity (Wildman–Crippen MR) is 71.6 cm³/mol. The van der Waals surface area contributed by atoms with Crippen LogP contribution in [0, 0.1) is 0 Å². The largest absolute Gasteiger partial charge is 0.491 e. The van der Waals surface area contributed by atoms with Crippen LogP contribution in [-0.2, 0) is 6.54 Å². The van der Waals surface area contributed by atoms with Gasteiger partial charge < -0.3 is 10.1 Å². The lowest BCUT2D eigenvalue weighted by Gasteiger charge is -2.11. The molecule has 1 aromatic carbocycles. The molecule has 0 aliphatic heterocycles. The molecular formula is C14H17N3O. The van der Waals surface area contributed by atoms with Gasteiger partial charge >= 0.3 is 0 Å². The van der Waals surface area contributed by atoms with Crippen LogP contribution in [0.15, 0.2) is 43.0 Å². The fourth-order valence-electron chi connectivity index (χ4n) is 1.55. The highest BCUT2D eigenvalue weighted by atomic mass is 16.5. The Balaban J connectivity index is 1.90. The quantitative estimate of drug-likeness (QED) is 0.877. The van der Waals surface area contributed by atoms with Crippen molar-refractivity contribution in [3.05, 3.63) is 48.5 Å². The molecule has 18 heavy (non-hydrogen) atoms. The summed E-state index contributed by atoms with van der Waals surface area (Å²) < 4.78 is 5.58. The average molecular weight is 243 g/mol. The molecule has 0 fully saturated rings. The van der Waals surface area contributed by atoms with Crippen LogP contribution in [-0.4, -0.2) is 16.1 Å². The van der Waals surface area contributed by atoms with Crippen LogP contribution in [0.3, 0.4) is 0 Å². The van der Waals surface area contributed by atoms with Gasteiger partial charge in [-0.15, -0.1) is 0 Å². The van der Waals surface area contributed by atoms with Gasteiger partial charge in [0.2, 0.25) is 0 Å². The molecule has 0 aliphatic carbocycles. The topological polar surface area (TPSA) is 47.0 Å². The maximum atomic E-state index is 5.58. The van der Waals surface area contributed by atoms with E-state index in [1.165, 1.54) is 6.33 Å². The first-order valence-corrected chi connectivity index (χ1v) is 5.98. The van der Waals surface area contributed by atoms with E-state index < -0.39 is 0 Å². The summed E-state index contributed by atoms with van der Waals surface area (Å²) in [5, 5.41) is 3.31. The second-order valence-electron chi connectivity index (χ2n) is 4.29. The molecule has 0 saturated carbocycles. The van der Waals surface area contributed by atoms with E-state index >= 15 is 0 Å². The Labute approximate surface area is 107 Å². The molecule has 2 rings (SSSR count). The SMILES string of the molecule is CC(C)Oc1ccc(NCc2cncnc2)cc1. The molecule has 4 heteroatoms. The number of benzene rings is 1. The molecule has 1 N–H and O–H groups in total. The van der Waals surface area contributed by atoms with E-state index in [0.29, 0.717) is 6.54 Å². The van der Waals surface area contributed by atoms with Gasteiger partial charge in [-0.1, -0.05) is 0 Å². The van der Waals surface area contributed by atoms with E-state index in [-0.39, 0.29) is 6.10 Å². The Bertz CT molecular complexity index is 468. The van der Waals surface area contributed by atoms with Gasteiger partial charge in [0.25, 0.3) is 0 Å². The van der Waals surface area contributed by atoms with Gasteiger partial charge in [0.1, 0.15) is 12.1 Å². The molecule has 0 saturated heterocycles. The number of nitrogens with one attached hydrogen (secondary N) is 1. The maximum absolute atomic E-state index is 5.58. The Morgan fingerprint density at radius 3 is 2.39 bits per heavy atom. The van der Waals surface area contributed by atoms with Crippen molar-refractivity contribution < 1.29 is 4.74 Å². The predicted octanol–water partition coefficient (Wildman–Crippen LogP) is 2.88. The average Bonchev–Trinajstić information content (AvgIpc) is 2.38. The van der Waals surface area contributed by atoms with Gasteiger partial charge in [0.05, 0.1) is 6.10 Å². The third-order valence-electron chi connectivity index (χ3n) is 2.34. The maximum Gasteiger partial charge on any atom is 0.119 e. The zero-order chi connectivity index (χ0) is 12.8. The molecule has 0 radical (unpaired) electrons. The molecule has 0 bridgehead atoms. The van der Waals surface area contributed by atoms with Gasteiger partial charge in [-0.3, -0.25) is 0 Å². The molecule has 0 amide bonds. The Kier molecular flexibility index (Phi) is 4.12. The van der Waals surface area contributed by atoms with Crippen molar-refractivity contribution in [3.8, 4) is 5.75 Å². The number of hydrogen-bond acceptors (Lipinski definition) is 4. The van der Waals surface area contributed by atoms with E-state index in [1.807, 2.05) is 38.1 Å². The molecule has 1 aromatic heterocycles. The Morgan fingerprint density at radius 2 is 1.78 bits per heavy atom. The molecule has 4 nitrogen and oxygen atoms in total. The summed E-state index contributed by atoms with van der Waals surface area (Å²) in [6.07, 6.45) is 5.33. The highest BCUT2D eigenvalue weighted by molar-refractivity contribution is 5.46. The van der Waals surface area contributed by atoms with Gasteiger partial charge in [-0.05, 0) is 38.1 Å². The number of ether oxygens (including phenoxy) is 1. The smallest absolute Gasteiger partial charge is 0.119 e. The first-order chi connectivity index (χ1) is 8.74. The van der Waals surface area contributed by atoms with Gasteiger partial charge in [0, 0.05) is 30.2 Å². The molecule has 94 valence electrons. The van der Waals surface area contributed by atoms with E-state index in [1.54, 1.807) is 12.4 Å². The molecule has 0 aliphatic rings. The molecule has 2 aromatic rings. The van der Waals surface area contributed by atoms with E-state index in [2.05, 4.69) is 15.3 Å². The summed E-state index contributed by atoms with van der Waals surface area (Å²) >= 11 is 0. The summed E-state index contributed by atoms with van der Waals surface area (Å²) in [5.74, 6) is 0.888. The van der Waals surface area contributed by atoms with Crippen molar-refractivity contribution >= 4 is 5.69 Å². The second kappa shape index (κ2) is 6.00. The monoisotopic (exact) mass is 243 g/mol. The Morgan fingerprint density at radius 1 is 1.11 bits per heavy atom. The molecule has 0 atom stereocenters. The summed E-state index contributed by atoms with van der Waals surface area (Å²) in [5.41, 5.74) is 2.11. The summed E-state index contributed by atoms with van der Waals surface area (Å²) in [7, 11) is 0. The molecule has 0 spiro atoms. The minimum Gasteiger partial charge on any atom is -0.491 e. The van der Waals surface area contributed by atoms with Crippen molar-refractivity contribution in [2.24, 2.45) is 0 Å². The van der Waals surface area contributed by atoms with E-state index in [4.69, 9.17) is 4.74 Å². The molecule has 0 unspecified atom stereocenters. The van der Waals surface area contributed by atoms with Crippen LogP contribution in [0.2, 0.25) is 0 Å². The minimum atomic E-state index is 0.199. The fourth-order valence-corrected chi connectivity index (χ4v) is 1.55. The zero-order valence-corrected chi connectivity index (χ0v) is 10.6. The standard InChI is InChI=1S/C14H17N3O/c1-11(2)18-14-5-3-13(4-6-14)17-9-12-7-15-10-16-8-12/h3-8,10-11,17H,9H2,1-2H3. The number of rotatable bonds is 5. The lowest BCUT2D eigenvalue weighted by molar-refractivity contribution is 0.242. The number of aromatic nitrogens is 2. The summed E-state index contributed by atoms with van der Waals surface area (Å²) in [6, 6.07) is 7.93. The highest BCUT2D eigenvalue weighted by Crippen LogP contribution is 2.17. The van der Waals surface area contributed by atoms with E-state index in [0.717, 1.165) is 17.0 Å². The minimum absolute atomic E-state index is 0.199. The summed E-state index contributed by atoms with van der Waals surface area (Å²) in [4.78, 5) is 7.95. The van der Waals surface area contributed by atoms with Crippen LogP contribution >= 0.6 is 0 Å². The normalized spacial score (nSPS) is 10.4. The highest BCUT2D eigenvalue weighted by Gasteiger charge is 1.98. The summed E-state index contributed by atoms with van der Waals surface area (Å²) in [6.45, 7) is 4.74. The van der Waals surface area contributed by atoms with Gasteiger partial charge in [-0.25, -0.2) is 9.97 Å². The van der Waals surface area contributed by atoms with Gasteiger partial charge in [-0.2, -0.15) is 0 Å². The fraction of sp³-hybridized carbons (Fsp3) is 0.286. The van der Waals surface area contributed by atoms with Crippen LogP contribution in [0.5, 0.6) is 5.75 Å². The van der Waals surface area contributed by atoms with Crippen molar-refractivity contribution in [2.45, 2.75) is 26.5 Å². The first-order valence-electron chi connectivity index (χ1n) is 5.98. The van der Waals surface area contributed by atoms with Crippen LogP contribution in [0.25, 0.3) is 0 Å². The second-order valence-corrected chi connectivity index (χ2v) is 4.29.